The highest BCUT2D eigenvalue weighted by molar-refractivity contribution is 7.24. The summed E-state index contributed by atoms with van der Waals surface area (Å²) in [5, 5.41) is 5.58. The first-order valence-corrected chi connectivity index (χ1v) is 52.6. The Kier molecular flexibility index (Phi) is 24.2. The van der Waals surface area contributed by atoms with E-state index in [1.165, 1.54) is 130 Å². The van der Waals surface area contributed by atoms with E-state index >= 15 is 0 Å². The second-order valence-corrected chi connectivity index (χ2v) is 59.9. The Bertz CT molecular complexity index is 5170. The number of hydrogen-bond acceptors (Lipinski definition) is 12. The van der Waals surface area contributed by atoms with Crippen molar-refractivity contribution in [1.29, 1.82) is 0 Å². The summed E-state index contributed by atoms with van der Waals surface area (Å²) in [7, 11) is 0. The van der Waals surface area contributed by atoms with Gasteiger partial charge >= 0.3 is 0 Å². The predicted molar refractivity (Wildman–Crippen MR) is 550 cm³/mol. The van der Waals surface area contributed by atoms with Crippen LogP contribution in [0.3, 0.4) is 0 Å². The average Bonchev–Trinajstić information content (AvgIpc) is 1.57. The standard InChI is InChI=1S/C19H26S2.2C18H22S2.3C17H22S2/c1-17(2,3)13-9-11-15(20-13)16-12(19(11,7)8)10-14(21-16)18(4,5)6;1-17(2,3)15-9-11-7-14-12(8-13(11)19-15)10-16(20-14)18(4,5)6;1-17(2,3)15-8-11-7-12-9-16(18(4,5)6)20-14(12)10-13(11)19-15;1-16(2,3)14-7-10-11-8-15(17(4,5)6)19-13(11)9-12(10)18-14;1-16(2,3)13-8-10-7-12-11(15(10)19-13)9-14(18-12)17(4,5)6;1-16(2,3)12-8-10-7-11-9-13(17(4,5)6)19-15(11)14(10)18-12/h9-10H,1-8H3;2*7-10H,1-6H3;7-8H,9H2,1-6H3;2*8-9H,7H2,1-6H3. The van der Waals surface area contributed by atoms with Gasteiger partial charge in [0.15, 0.2) is 0 Å². The molecule has 0 unspecified atom stereocenters. The van der Waals surface area contributed by atoms with Crippen molar-refractivity contribution in [2.75, 3.05) is 0 Å². The molecule has 0 atom stereocenters. The molecule has 2 aromatic carbocycles. The Morgan fingerprint density at radius 3 is 0.703 bits per heavy atom. The van der Waals surface area contributed by atoms with Crippen molar-refractivity contribution >= 4 is 176 Å². The van der Waals surface area contributed by atoms with Crippen molar-refractivity contribution in [3.8, 4) is 41.1 Å². The van der Waals surface area contributed by atoms with Crippen LogP contribution in [0.5, 0.6) is 0 Å². The van der Waals surface area contributed by atoms with Gasteiger partial charge in [-0.05, 0) is 223 Å². The maximum atomic E-state index is 2.46. The number of benzene rings is 2. The molecule has 0 N–H and O–H groups in total. The lowest BCUT2D eigenvalue weighted by Crippen LogP contribution is -2.16. The van der Waals surface area contributed by atoms with E-state index in [2.05, 4.69) is 360 Å². The van der Waals surface area contributed by atoms with E-state index in [1.54, 1.807) is 52.2 Å². The van der Waals surface area contributed by atoms with Gasteiger partial charge in [-0.15, -0.1) is 136 Å². The van der Waals surface area contributed by atoms with Crippen LogP contribution in [0.1, 0.15) is 364 Å². The number of rotatable bonds is 0. The van der Waals surface area contributed by atoms with E-state index in [4.69, 9.17) is 0 Å². The normalized spacial score (nSPS) is 14.7. The van der Waals surface area contributed by atoms with E-state index in [0.717, 1.165) is 19.3 Å². The zero-order valence-corrected chi connectivity index (χ0v) is 88.6. The molecular weight excluding hydrogens is 1660 g/mol. The van der Waals surface area contributed by atoms with Crippen LogP contribution in [-0.2, 0) is 89.7 Å². The van der Waals surface area contributed by atoms with E-state index in [9.17, 15) is 0 Å². The topological polar surface area (TPSA) is 0 Å². The van der Waals surface area contributed by atoms with Crippen molar-refractivity contribution in [2.45, 2.75) is 353 Å². The monoisotopic (exact) mass is 1790 g/mol. The van der Waals surface area contributed by atoms with Gasteiger partial charge in [0.25, 0.3) is 0 Å². The van der Waals surface area contributed by atoms with Crippen LogP contribution in [-0.4, -0.2) is 0 Å². The van der Waals surface area contributed by atoms with Crippen molar-refractivity contribution < 1.29 is 0 Å². The Labute approximate surface area is 760 Å². The summed E-state index contributed by atoms with van der Waals surface area (Å²) in [5.41, 5.74) is 15.6. The Hall–Kier alpha value is -4.12. The molecule has 0 saturated heterocycles. The SMILES string of the molecule is CC(C)(C)c1cc2c(s1)-c1sc(C(C)(C)C)cc1C2.CC(C)(C)c1cc2c(s1)-c1sc(C(C)(C)C)cc1C2(C)C.CC(C)(C)c1cc2c(s1)Cc1cc(C(C)(C)C)sc1-2.CC(C)(C)c1cc2c(s1)Cc1sc(C(C)(C)C)cc1-2.CC(C)(C)c1cc2cc3cc(C(C)(C)C)sc3cc2s1.CC(C)(C)c1cc2cc3sc(C(C)(C)C)cc3cc2s1. The molecule has 118 heavy (non-hydrogen) atoms. The van der Waals surface area contributed by atoms with Crippen LogP contribution in [0, 0.1) is 0 Å². The summed E-state index contributed by atoms with van der Waals surface area (Å²) < 4.78 is 5.68. The summed E-state index contributed by atoms with van der Waals surface area (Å²) >= 11 is 23.8. The molecule has 12 aromatic heterocycles. The van der Waals surface area contributed by atoms with Gasteiger partial charge in [0.2, 0.25) is 0 Å². The highest BCUT2D eigenvalue weighted by atomic mass is 32.1. The van der Waals surface area contributed by atoms with Gasteiger partial charge in [-0.25, -0.2) is 0 Å². The van der Waals surface area contributed by atoms with Gasteiger partial charge < -0.3 is 0 Å². The molecule has 0 spiro atoms. The highest BCUT2D eigenvalue weighted by Crippen LogP contribution is 2.59. The third-order valence-electron chi connectivity index (χ3n) is 22.8. The van der Waals surface area contributed by atoms with Gasteiger partial charge in [-0.3, -0.25) is 0 Å². The smallest absolute Gasteiger partial charge is 0.0489 e. The fraction of sp³-hybridized carbons (Fsp3) is 0.509. The Morgan fingerprint density at radius 1 is 0.186 bits per heavy atom. The lowest BCUT2D eigenvalue weighted by molar-refractivity contribution is 0.595. The predicted octanol–water partition coefficient (Wildman–Crippen LogP) is 38.1. The van der Waals surface area contributed by atoms with Gasteiger partial charge in [-0.1, -0.05) is 263 Å². The zero-order valence-electron chi connectivity index (χ0n) is 78.8. The van der Waals surface area contributed by atoms with Crippen molar-refractivity contribution in [2.24, 2.45) is 0 Å². The van der Waals surface area contributed by atoms with Crippen molar-refractivity contribution in [1.82, 2.24) is 0 Å². The van der Waals surface area contributed by atoms with Crippen LogP contribution in [0.2, 0.25) is 0 Å². The van der Waals surface area contributed by atoms with Crippen LogP contribution in [0.4, 0.5) is 0 Å². The number of hydrogen-bond donors (Lipinski definition) is 0. The second-order valence-electron chi connectivity index (χ2n) is 46.9. The summed E-state index contributed by atoms with van der Waals surface area (Å²) in [4.78, 5) is 30.4. The maximum absolute atomic E-state index is 2.46. The largest absolute Gasteiger partial charge is 0.144 e. The maximum Gasteiger partial charge on any atom is 0.0489 e. The van der Waals surface area contributed by atoms with Gasteiger partial charge in [0, 0.05) is 147 Å². The molecule has 0 amide bonds. The lowest BCUT2D eigenvalue weighted by Gasteiger charge is -2.21. The molecule has 0 bridgehead atoms. The molecule has 4 aliphatic carbocycles. The van der Waals surface area contributed by atoms with Gasteiger partial charge in [0.05, 0.1) is 0 Å². The summed E-state index contributed by atoms with van der Waals surface area (Å²) in [6.07, 6.45) is 3.45. The van der Waals surface area contributed by atoms with Crippen molar-refractivity contribution in [3.63, 3.8) is 0 Å². The zero-order chi connectivity index (χ0) is 87.2. The minimum atomic E-state index is 0.157. The van der Waals surface area contributed by atoms with Crippen LogP contribution in [0.25, 0.3) is 81.4 Å². The van der Waals surface area contributed by atoms with E-state index in [0.29, 0.717) is 0 Å². The lowest BCUT2D eigenvalue weighted by atomic mass is 9.81. The van der Waals surface area contributed by atoms with E-state index < -0.39 is 0 Å². The second kappa shape index (κ2) is 31.2. The molecule has 0 saturated carbocycles. The summed E-state index contributed by atoms with van der Waals surface area (Å²) in [6, 6.07) is 38.5. The molecule has 18 rings (SSSR count). The quantitative estimate of drug-likeness (QED) is 0.142. The summed E-state index contributed by atoms with van der Waals surface area (Å²) in [6.45, 7) is 87.7. The van der Waals surface area contributed by atoms with E-state index in [1.807, 2.05) is 136 Å². The highest BCUT2D eigenvalue weighted by Gasteiger charge is 2.42. The Balaban J connectivity index is 0.000000123. The summed E-state index contributed by atoms with van der Waals surface area (Å²) in [5.74, 6) is 0. The molecule has 14 aromatic rings. The van der Waals surface area contributed by atoms with Gasteiger partial charge in [0.1, 0.15) is 0 Å². The molecule has 632 valence electrons. The minimum absolute atomic E-state index is 0.157. The molecule has 0 radical (unpaired) electrons. The molecule has 0 fully saturated rings. The minimum Gasteiger partial charge on any atom is -0.144 e. The molecule has 4 aliphatic rings. The first-order chi connectivity index (χ1) is 53.7. The fourth-order valence-corrected chi connectivity index (χ4v) is 30.3. The van der Waals surface area contributed by atoms with Crippen LogP contribution in [0.15, 0.2) is 97.1 Å². The first kappa shape index (κ1) is 91.6. The molecule has 12 heterocycles. The average molecular weight is 1800 g/mol. The Morgan fingerprint density at radius 2 is 0.407 bits per heavy atom. The van der Waals surface area contributed by atoms with Crippen LogP contribution < -0.4 is 0 Å². The first-order valence-electron chi connectivity index (χ1n) is 42.8. The third kappa shape index (κ3) is 19.2. The van der Waals surface area contributed by atoms with Crippen LogP contribution >= 0.6 is 136 Å². The van der Waals surface area contributed by atoms with Gasteiger partial charge in [-0.2, -0.15) is 0 Å². The number of fused-ring (bicyclic) bond motifs is 16. The molecular formula is C106H136S12. The number of thiophene rings is 12. The van der Waals surface area contributed by atoms with E-state index in [-0.39, 0.29) is 70.4 Å². The van der Waals surface area contributed by atoms with Crippen molar-refractivity contribution in [3.05, 3.63) is 198 Å². The molecule has 0 nitrogen and oxygen atoms in total. The third-order valence-corrected chi connectivity index (χ3v) is 41.9. The molecule has 0 aliphatic heterocycles. The fourth-order valence-electron chi connectivity index (χ4n) is 14.9. The molecule has 12 heteroatoms.